The van der Waals surface area contributed by atoms with Gasteiger partial charge in [-0.3, -0.25) is 4.79 Å². The van der Waals surface area contributed by atoms with E-state index in [9.17, 15) is 4.79 Å². The third-order valence-electron chi connectivity index (χ3n) is 5.91. The molecule has 2 atom stereocenters. The lowest BCUT2D eigenvalue weighted by molar-refractivity contribution is 0.404. The van der Waals surface area contributed by atoms with Crippen LogP contribution in [0.3, 0.4) is 0 Å². The number of aromatic amines is 2. The summed E-state index contributed by atoms with van der Waals surface area (Å²) in [5.41, 5.74) is 10.0. The summed E-state index contributed by atoms with van der Waals surface area (Å²) in [6.07, 6.45) is 8.12. The Balaban J connectivity index is 1.59. The molecule has 2 aromatic carbocycles. The quantitative estimate of drug-likeness (QED) is 0.358. The van der Waals surface area contributed by atoms with E-state index in [1.54, 1.807) is 6.20 Å². The number of fused-ring (bicyclic) bond motifs is 2. The molecule has 0 saturated heterocycles. The number of benzene rings is 2. The van der Waals surface area contributed by atoms with Gasteiger partial charge in [0, 0.05) is 46.8 Å². The average Bonchev–Trinajstić information content (AvgIpc) is 3.20. The number of hydrogen-bond donors (Lipinski definition) is 5. The Morgan fingerprint density at radius 1 is 0.966 bits per heavy atom. The summed E-state index contributed by atoms with van der Waals surface area (Å²) in [7, 11) is 0. The Morgan fingerprint density at radius 3 is 2.72 bits per heavy atom. The molecule has 6 nitrogen and oxygen atoms in total. The van der Waals surface area contributed by atoms with Crippen LogP contribution in [0.5, 0.6) is 0 Å². The molecule has 6 N–H and O–H groups in total. The minimum atomic E-state index is -0.104. The van der Waals surface area contributed by atoms with E-state index in [1.807, 2.05) is 48.7 Å². The maximum atomic E-state index is 12.6. The molecule has 0 spiro atoms. The molecule has 0 unspecified atom stereocenters. The summed E-state index contributed by atoms with van der Waals surface area (Å²) in [6.45, 7) is 0. The van der Waals surface area contributed by atoms with Crippen LogP contribution in [-0.4, -0.2) is 22.1 Å². The van der Waals surface area contributed by atoms with Crippen molar-refractivity contribution in [1.82, 2.24) is 9.97 Å². The van der Waals surface area contributed by atoms with Crippen LogP contribution in [0.4, 0.5) is 17.1 Å². The lowest BCUT2D eigenvalue weighted by Gasteiger charge is -2.30. The first kappa shape index (κ1) is 17.8. The molecule has 4 aromatic rings. The number of aromatic nitrogens is 2. The van der Waals surface area contributed by atoms with Gasteiger partial charge in [0.1, 0.15) is 0 Å². The number of nitrogens with one attached hydrogen (secondary N) is 4. The highest BCUT2D eigenvalue weighted by atomic mass is 16.1. The molecule has 1 saturated carbocycles. The van der Waals surface area contributed by atoms with Gasteiger partial charge in [-0.25, -0.2) is 0 Å². The van der Waals surface area contributed by atoms with Crippen molar-refractivity contribution < 1.29 is 0 Å². The number of pyridine rings is 1. The second-order valence-electron chi connectivity index (χ2n) is 7.86. The largest absolute Gasteiger partial charge is 0.381 e. The van der Waals surface area contributed by atoms with Gasteiger partial charge in [-0.1, -0.05) is 18.9 Å². The number of H-pyrrole nitrogens is 2. The SMILES string of the molecule is N[C@H]1CCCC[C@H]1Nc1cc(Nc2cccc3[nH]ccc23)c2c(=O)[nH]ccc2c1. The van der Waals surface area contributed by atoms with Crippen LogP contribution in [0, 0.1) is 0 Å². The molecule has 148 valence electrons. The molecular formula is C23H25N5O. The Morgan fingerprint density at radius 2 is 1.83 bits per heavy atom. The zero-order chi connectivity index (χ0) is 19.8. The maximum absolute atomic E-state index is 12.6. The van der Waals surface area contributed by atoms with Crippen LogP contribution in [0.2, 0.25) is 0 Å². The Kier molecular flexibility index (Phi) is 4.48. The van der Waals surface area contributed by atoms with Gasteiger partial charge in [-0.05, 0) is 54.6 Å². The van der Waals surface area contributed by atoms with E-state index in [2.05, 4.69) is 20.6 Å². The van der Waals surface area contributed by atoms with E-state index in [0.29, 0.717) is 5.39 Å². The summed E-state index contributed by atoms with van der Waals surface area (Å²) in [6, 6.07) is 14.5. The Hall–Kier alpha value is -3.25. The molecule has 6 heteroatoms. The van der Waals surface area contributed by atoms with Crippen LogP contribution < -0.4 is 21.9 Å². The Bertz CT molecular complexity index is 1220. The first-order valence-electron chi connectivity index (χ1n) is 10.2. The number of nitrogens with two attached hydrogens (primary N) is 1. The fraction of sp³-hybridized carbons (Fsp3) is 0.261. The summed E-state index contributed by atoms with van der Waals surface area (Å²) in [5.74, 6) is 0. The van der Waals surface area contributed by atoms with Gasteiger partial charge in [0.15, 0.2) is 0 Å². The molecule has 1 aliphatic carbocycles. The summed E-state index contributed by atoms with van der Waals surface area (Å²) < 4.78 is 0. The molecule has 0 bridgehead atoms. The van der Waals surface area contributed by atoms with Crippen molar-refractivity contribution in [3.05, 3.63) is 65.2 Å². The van der Waals surface area contributed by atoms with Crippen molar-refractivity contribution in [2.75, 3.05) is 10.6 Å². The van der Waals surface area contributed by atoms with Gasteiger partial charge in [0.25, 0.3) is 5.56 Å². The summed E-state index contributed by atoms with van der Waals surface area (Å²) in [5, 5.41) is 9.74. The fourth-order valence-electron chi connectivity index (χ4n) is 4.40. The highest BCUT2D eigenvalue weighted by Gasteiger charge is 2.22. The van der Waals surface area contributed by atoms with Crippen LogP contribution in [-0.2, 0) is 0 Å². The molecule has 0 amide bonds. The highest BCUT2D eigenvalue weighted by Crippen LogP contribution is 2.32. The zero-order valence-electron chi connectivity index (χ0n) is 16.2. The first-order valence-corrected chi connectivity index (χ1v) is 10.2. The van der Waals surface area contributed by atoms with Crippen molar-refractivity contribution in [1.29, 1.82) is 0 Å². The minimum Gasteiger partial charge on any atom is -0.381 e. The number of hydrogen-bond acceptors (Lipinski definition) is 4. The molecular weight excluding hydrogens is 362 g/mol. The minimum absolute atomic E-state index is 0.104. The third-order valence-corrected chi connectivity index (χ3v) is 5.91. The number of rotatable bonds is 4. The van der Waals surface area contributed by atoms with E-state index in [-0.39, 0.29) is 17.6 Å². The van der Waals surface area contributed by atoms with E-state index in [4.69, 9.17) is 5.73 Å². The van der Waals surface area contributed by atoms with Crippen molar-refractivity contribution >= 4 is 38.7 Å². The van der Waals surface area contributed by atoms with E-state index >= 15 is 0 Å². The van der Waals surface area contributed by atoms with Gasteiger partial charge < -0.3 is 26.3 Å². The smallest absolute Gasteiger partial charge is 0.257 e. The molecule has 2 aromatic heterocycles. The normalized spacial score (nSPS) is 19.5. The molecule has 0 radical (unpaired) electrons. The molecule has 29 heavy (non-hydrogen) atoms. The van der Waals surface area contributed by atoms with Crippen molar-refractivity contribution in [3.8, 4) is 0 Å². The first-order chi connectivity index (χ1) is 14.2. The van der Waals surface area contributed by atoms with Crippen molar-refractivity contribution in [2.45, 2.75) is 37.8 Å². The fourth-order valence-corrected chi connectivity index (χ4v) is 4.40. The zero-order valence-corrected chi connectivity index (χ0v) is 16.2. The molecule has 5 rings (SSSR count). The monoisotopic (exact) mass is 387 g/mol. The predicted octanol–water partition coefficient (Wildman–Crippen LogP) is 4.43. The standard InChI is InChI=1S/C23H25N5O/c24-17-4-1-2-5-20(17)27-15-12-14-8-10-26-23(29)22(14)21(13-15)28-19-7-3-6-18-16(19)9-11-25-18/h3,6-13,17,20,25,27-28H,1-2,4-5,24H2,(H,26,29)/t17-,20+/m0/s1. The van der Waals surface area contributed by atoms with Gasteiger partial charge in [0.05, 0.1) is 11.1 Å². The van der Waals surface area contributed by atoms with Crippen LogP contribution in [0.15, 0.2) is 59.7 Å². The lowest BCUT2D eigenvalue weighted by Crippen LogP contribution is -2.42. The van der Waals surface area contributed by atoms with Gasteiger partial charge in [0.2, 0.25) is 0 Å². The molecule has 2 heterocycles. The second kappa shape index (κ2) is 7.29. The van der Waals surface area contributed by atoms with Gasteiger partial charge >= 0.3 is 0 Å². The maximum Gasteiger partial charge on any atom is 0.257 e. The summed E-state index contributed by atoms with van der Waals surface area (Å²) in [4.78, 5) is 18.6. The second-order valence-corrected chi connectivity index (χ2v) is 7.86. The van der Waals surface area contributed by atoms with Gasteiger partial charge in [-0.2, -0.15) is 0 Å². The highest BCUT2D eigenvalue weighted by molar-refractivity contribution is 6.01. The van der Waals surface area contributed by atoms with Crippen LogP contribution in [0.25, 0.3) is 21.7 Å². The molecule has 1 aliphatic rings. The Labute approximate surface area is 168 Å². The van der Waals surface area contributed by atoms with E-state index in [1.165, 1.54) is 12.8 Å². The topological polar surface area (TPSA) is 98.7 Å². The van der Waals surface area contributed by atoms with E-state index in [0.717, 1.165) is 46.2 Å². The predicted molar refractivity (Wildman–Crippen MR) is 120 cm³/mol. The van der Waals surface area contributed by atoms with Gasteiger partial charge in [-0.15, -0.1) is 0 Å². The van der Waals surface area contributed by atoms with Crippen molar-refractivity contribution in [2.24, 2.45) is 5.73 Å². The molecule has 0 aliphatic heterocycles. The number of anilines is 3. The van der Waals surface area contributed by atoms with Crippen molar-refractivity contribution in [3.63, 3.8) is 0 Å². The summed E-state index contributed by atoms with van der Waals surface area (Å²) >= 11 is 0. The average molecular weight is 387 g/mol. The third kappa shape index (κ3) is 3.36. The lowest BCUT2D eigenvalue weighted by atomic mass is 9.91. The molecule has 1 fully saturated rings. The van der Waals surface area contributed by atoms with E-state index < -0.39 is 0 Å². The van der Waals surface area contributed by atoms with Crippen LogP contribution in [0.1, 0.15) is 25.7 Å². The van der Waals surface area contributed by atoms with Crippen LogP contribution >= 0.6 is 0 Å².